The summed E-state index contributed by atoms with van der Waals surface area (Å²) in [5, 5.41) is 0. The minimum atomic E-state index is 0.118. The number of hydrogen-bond donors (Lipinski definition) is 1. The van der Waals surface area contributed by atoms with Gasteiger partial charge in [-0.25, -0.2) is 0 Å². The molecule has 2 N–H and O–H groups in total. The molecule has 6 unspecified atom stereocenters. The van der Waals surface area contributed by atoms with Crippen molar-refractivity contribution in [1.29, 1.82) is 0 Å². The van der Waals surface area contributed by atoms with Crippen molar-refractivity contribution >= 4 is 0 Å². The summed E-state index contributed by atoms with van der Waals surface area (Å²) >= 11 is 0. The molecular weight excluding hydrogens is 518 g/mol. The molecule has 1 nitrogen and oxygen atoms in total. The van der Waals surface area contributed by atoms with Crippen LogP contribution in [0.3, 0.4) is 0 Å². The highest BCUT2D eigenvalue weighted by Gasteiger charge is 2.62. The van der Waals surface area contributed by atoms with Crippen molar-refractivity contribution < 1.29 is 0 Å². The summed E-state index contributed by atoms with van der Waals surface area (Å²) in [5.41, 5.74) is 12.4. The van der Waals surface area contributed by atoms with Gasteiger partial charge in [0.2, 0.25) is 0 Å². The van der Waals surface area contributed by atoms with Gasteiger partial charge < -0.3 is 5.73 Å². The molecule has 0 spiro atoms. The number of hydrogen-bond acceptors (Lipinski definition) is 1. The average molecular weight is 604 g/mol. The molecule has 0 aromatic carbocycles. The van der Waals surface area contributed by atoms with Gasteiger partial charge in [-0.1, -0.05) is 133 Å². The molecule has 0 saturated heterocycles. The van der Waals surface area contributed by atoms with Crippen molar-refractivity contribution in [2.45, 2.75) is 193 Å². The summed E-state index contributed by atoms with van der Waals surface area (Å²) in [6.07, 6.45) is 15.9. The monoisotopic (exact) mass is 604 g/mol. The van der Waals surface area contributed by atoms with Crippen LogP contribution in [0.2, 0.25) is 0 Å². The van der Waals surface area contributed by atoms with E-state index in [-0.39, 0.29) is 5.54 Å². The maximum atomic E-state index is 7.43. The van der Waals surface area contributed by atoms with Crippen LogP contribution in [0.25, 0.3) is 0 Å². The summed E-state index contributed by atoms with van der Waals surface area (Å²) in [6, 6.07) is 0. The minimum absolute atomic E-state index is 0.118. The van der Waals surface area contributed by atoms with E-state index < -0.39 is 0 Å². The first-order valence-electron chi connectivity index (χ1n) is 19.0. The van der Waals surface area contributed by atoms with E-state index in [1.54, 1.807) is 0 Å². The highest BCUT2D eigenvalue weighted by Crippen LogP contribution is 2.67. The molecule has 4 rings (SSSR count). The molecule has 0 heterocycles. The van der Waals surface area contributed by atoms with Crippen molar-refractivity contribution in [3.05, 3.63) is 36.5 Å². The second kappa shape index (κ2) is 23.5. The molecule has 4 saturated carbocycles. The van der Waals surface area contributed by atoms with Crippen LogP contribution in [0.5, 0.6) is 0 Å². The molecule has 0 aliphatic heterocycles. The fraction of sp³-hybridized carbons (Fsp3) is 0.857. The third kappa shape index (κ3) is 12.8. The molecule has 0 aromatic heterocycles. The first-order valence-corrected chi connectivity index (χ1v) is 19.0. The van der Waals surface area contributed by atoms with Crippen LogP contribution in [-0.2, 0) is 0 Å². The van der Waals surface area contributed by atoms with Gasteiger partial charge in [0, 0.05) is 5.54 Å². The standard InChI is InChI=1S/C27H45N.C4H8.C3H8.4C2H6/c1-7-25(5)13-12-22-20(17-25)8-9-24-23-11-10-21(19(4)16-18(2)3)26(23,6)14-15-27(22,24)28;1-4(2)3;1-3-2;4*1-2/h20-24H,2,4,7-17,28H2,1,3,5-6H3;1H2,2-3H3;3H2,1-2H3;4*1-2H3/t20?,21?,22?,23?,24?,25-,26?,27-;;;;;;/m0....../s1. The topological polar surface area (TPSA) is 26.0 Å². The van der Waals surface area contributed by atoms with Gasteiger partial charge in [0.15, 0.2) is 0 Å². The van der Waals surface area contributed by atoms with Gasteiger partial charge in [0.05, 0.1) is 0 Å². The predicted molar refractivity (Wildman–Crippen MR) is 203 cm³/mol. The third-order valence-electron chi connectivity index (χ3n) is 10.5. The molecule has 258 valence electrons. The largest absolute Gasteiger partial charge is 0.325 e. The van der Waals surface area contributed by atoms with Gasteiger partial charge in [0.25, 0.3) is 0 Å². The van der Waals surface area contributed by atoms with Gasteiger partial charge >= 0.3 is 0 Å². The van der Waals surface area contributed by atoms with E-state index in [9.17, 15) is 0 Å². The number of rotatable bonds is 4. The Hall–Kier alpha value is -0.820. The third-order valence-corrected chi connectivity index (χ3v) is 10.5. The smallest absolute Gasteiger partial charge is 0.0217 e. The highest BCUT2D eigenvalue weighted by molar-refractivity contribution is 5.22. The van der Waals surface area contributed by atoms with E-state index in [0.29, 0.717) is 16.7 Å². The van der Waals surface area contributed by atoms with E-state index >= 15 is 0 Å². The Morgan fingerprint density at radius 3 is 1.58 bits per heavy atom. The Balaban J connectivity index is -0.000000916. The van der Waals surface area contributed by atoms with Crippen LogP contribution >= 0.6 is 0 Å². The zero-order valence-electron chi connectivity index (χ0n) is 33.1. The lowest BCUT2D eigenvalue weighted by atomic mass is 9.45. The van der Waals surface area contributed by atoms with Gasteiger partial charge in [-0.2, -0.15) is 0 Å². The van der Waals surface area contributed by atoms with Crippen molar-refractivity contribution in [3.8, 4) is 0 Å². The van der Waals surface area contributed by atoms with Gasteiger partial charge in [-0.15, -0.1) is 6.58 Å². The van der Waals surface area contributed by atoms with Crippen LogP contribution < -0.4 is 5.73 Å². The number of allylic oxidation sites excluding steroid dienone is 3. The maximum Gasteiger partial charge on any atom is 0.0217 e. The maximum absolute atomic E-state index is 7.43. The van der Waals surface area contributed by atoms with Crippen molar-refractivity contribution in [2.75, 3.05) is 0 Å². The first-order chi connectivity index (χ1) is 20.3. The van der Waals surface area contributed by atoms with Crippen LogP contribution in [-0.4, -0.2) is 5.54 Å². The Morgan fingerprint density at radius 2 is 1.14 bits per heavy atom. The molecule has 4 aliphatic carbocycles. The predicted octanol–water partition coefficient (Wildman–Crippen LogP) is 14.4. The zero-order chi connectivity index (χ0) is 34.6. The summed E-state index contributed by atoms with van der Waals surface area (Å²) < 4.78 is 0. The van der Waals surface area contributed by atoms with Crippen LogP contribution in [0.4, 0.5) is 0 Å². The lowest BCUT2D eigenvalue weighted by Crippen LogP contribution is -2.65. The SMILES string of the molecule is C=C(C)C.C=C(C)CC(=C)C1CCC2C3CCC4C[C@@](C)(CC)CCC4[C@@]3(N)CCC12C.CC.CC.CC.CC.CCC. The molecule has 4 fully saturated rings. The number of nitrogens with two attached hydrogens (primary N) is 1. The van der Waals surface area contributed by atoms with Crippen molar-refractivity contribution in [1.82, 2.24) is 0 Å². The quantitative estimate of drug-likeness (QED) is 0.318. The zero-order valence-corrected chi connectivity index (χ0v) is 33.1. The van der Waals surface area contributed by atoms with Crippen molar-refractivity contribution in [3.63, 3.8) is 0 Å². The molecule has 4 aliphatic rings. The summed E-state index contributed by atoms with van der Waals surface area (Å²) in [4.78, 5) is 0. The Kier molecular flexibility index (Phi) is 25.5. The lowest BCUT2D eigenvalue weighted by Gasteiger charge is -2.62. The normalized spacial score (nSPS) is 34.4. The van der Waals surface area contributed by atoms with E-state index in [0.717, 1.165) is 30.1 Å². The highest BCUT2D eigenvalue weighted by atomic mass is 14.8. The molecule has 43 heavy (non-hydrogen) atoms. The Bertz CT molecular complexity index is 744. The molecule has 0 aromatic rings. The molecule has 1 heteroatoms. The van der Waals surface area contributed by atoms with Crippen LogP contribution in [0, 0.1) is 40.4 Å². The second-order valence-corrected chi connectivity index (χ2v) is 14.0. The molecule has 0 bridgehead atoms. The summed E-state index contributed by atoms with van der Waals surface area (Å²) in [7, 11) is 0. The van der Waals surface area contributed by atoms with Gasteiger partial charge in [-0.3, -0.25) is 0 Å². The molecule has 8 atom stereocenters. The fourth-order valence-corrected chi connectivity index (χ4v) is 8.78. The lowest BCUT2D eigenvalue weighted by molar-refractivity contribution is -0.0923. The molecule has 0 amide bonds. The van der Waals surface area contributed by atoms with Crippen LogP contribution in [0.15, 0.2) is 36.5 Å². The second-order valence-electron chi connectivity index (χ2n) is 14.0. The minimum Gasteiger partial charge on any atom is -0.325 e. The number of fused-ring (bicyclic) bond motifs is 5. The van der Waals surface area contributed by atoms with Crippen LogP contribution in [0.1, 0.15) is 188 Å². The summed E-state index contributed by atoms with van der Waals surface area (Å²) in [5.74, 6) is 3.93. The van der Waals surface area contributed by atoms with Gasteiger partial charge in [0.1, 0.15) is 0 Å². The molecule has 0 radical (unpaired) electrons. The van der Waals surface area contributed by atoms with E-state index in [2.05, 4.69) is 61.3 Å². The fourth-order valence-electron chi connectivity index (χ4n) is 8.78. The van der Waals surface area contributed by atoms with E-state index in [1.807, 2.05) is 69.2 Å². The van der Waals surface area contributed by atoms with E-state index in [1.165, 1.54) is 87.3 Å². The Labute approximate surface area is 275 Å². The van der Waals surface area contributed by atoms with Gasteiger partial charge in [-0.05, 0) is 125 Å². The Morgan fingerprint density at radius 1 is 0.674 bits per heavy atom. The van der Waals surface area contributed by atoms with E-state index in [4.69, 9.17) is 5.73 Å². The first kappa shape index (κ1) is 46.6. The summed E-state index contributed by atoms with van der Waals surface area (Å²) in [6.45, 7) is 46.1. The van der Waals surface area contributed by atoms with Crippen molar-refractivity contribution in [2.24, 2.45) is 46.2 Å². The average Bonchev–Trinajstić information content (AvgIpc) is 3.34. The molecular formula is C42H85N.